The third-order valence-corrected chi connectivity index (χ3v) is 2.80. The first-order valence-electron chi connectivity index (χ1n) is 4.87. The molecule has 0 bridgehead atoms. The van der Waals surface area contributed by atoms with E-state index in [1.165, 1.54) is 12.1 Å². The summed E-state index contributed by atoms with van der Waals surface area (Å²) in [4.78, 5) is 0. The van der Waals surface area contributed by atoms with Gasteiger partial charge in [-0.05, 0) is 46.3 Å². The van der Waals surface area contributed by atoms with Crippen molar-refractivity contribution in [3.8, 4) is 11.3 Å². The summed E-state index contributed by atoms with van der Waals surface area (Å²) < 4.78 is 13.5. The van der Waals surface area contributed by atoms with Gasteiger partial charge in [-0.15, -0.1) is 10.2 Å². The van der Waals surface area contributed by atoms with E-state index in [-0.39, 0.29) is 5.82 Å². The summed E-state index contributed by atoms with van der Waals surface area (Å²) in [5.74, 6) is -0.269. The number of aromatic amines is 1. The molecule has 0 aliphatic carbocycles. The first kappa shape index (κ1) is 10.3. The largest absolute Gasteiger partial charge is 0.259 e. The summed E-state index contributed by atoms with van der Waals surface area (Å²) >= 11 is 3.26. The fourth-order valence-corrected chi connectivity index (χ4v) is 1.94. The van der Waals surface area contributed by atoms with Crippen LogP contribution in [0.25, 0.3) is 22.3 Å². The molecule has 0 amide bonds. The maximum Gasteiger partial charge on any atom is 0.178 e. The van der Waals surface area contributed by atoms with Crippen LogP contribution in [0.1, 0.15) is 0 Å². The van der Waals surface area contributed by atoms with E-state index in [4.69, 9.17) is 0 Å². The molecule has 0 radical (unpaired) electrons. The Morgan fingerprint density at radius 2 is 1.88 bits per heavy atom. The molecule has 0 aliphatic rings. The normalized spacial score (nSPS) is 10.9. The van der Waals surface area contributed by atoms with Gasteiger partial charge < -0.3 is 0 Å². The highest BCUT2D eigenvalue weighted by Crippen LogP contribution is 2.26. The number of hydrogen-bond acceptors (Lipinski definition) is 3. The first-order valence-corrected chi connectivity index (χ1v) is 5.66. The first-order chi connectivity index (χ1) is 8.24. The van der Waals surface area contributed by atoms with Gasteiger partial charge in [-0.2, -0.15) is 5.10 Å². The van der Waals surface area contributed by atoms with E-state index in [0.29, 0.717) is 10.3 Å². The Balaban J connectivity index is 2.23. The van der Waals surface area contributed by atoms with E-state index in [1.807, 2.05) is 6.07 Å². The number of rotatable bonds is 1. The maximum absolute atomic E-state index is 12.8. The van der Waals surface area contributed by atoms with Crippen LogP contribution in [0.4, 0.5) is 4.39 Å². The van der Waals surface area contributed by atoms with Crippen molar-refractivity contribution in [1.82, 2.24) is 20.4 Å². The van der Waals surface area contributed by atoms with E-state index in [2.05, 4.69) is 36.3 Å². The smallest absolute Gasteiger partial charge is 0.178 e. The summed E-state index contributed by atoms with van der Waals surface area (Å²) in [6.45, 7) is 0. The van der Waals surface area contributed by atoms with Gasteiger partial charge in [0.2, 0.25) is 0 Å². The molecule has 17 heavy (non-hydrogen) atoms. The SMILES string of the molecule is Fc1ccc(-c2n[nH]c3nnc(Br)cc23)cc1. The second-order valence-corrected chi connectivity index (χ2v) is 4.32. The fraction of sp³-hybridized carbons (Fsp3) is 0. The number of aromatic nitrogens is 4. The molecule has 2 heterocycles. The van der Waals surface area contributed by atoms with Crippen LogP contribution in [0.2, 0.25) is 0 Å². The minimum absolute atomic E-state index is 0.269. The highest BCUT2D eigenvalue weighted by Gasteiger charge is 2.10. The summed E-state index contributed by atoms with van der Waals surface area (Å²) in [6, 6.07) is 7.99. The zero-order chi connectivity index (χ0) is 11.8. The summed E-state index contributed by atoms with van der Waals surface area (Å²) in [7, 11) is 0. The Labute approximate surface area is 104 Å². The lowest BCUT2D eigenvalue weighted by Gasteiger charge is -1.97. The molecular formula is C11H6BrFN4. The van der Waals surface area contributed by atoms with Crippen LogP contribution in [-0.2, 0) is 0 Å². The summed E-state index contributed by atoms with van der Waals surface area (Å²) in [5, 5.41) is 15.6. The molecule has 84 valence electrons. The molecule has 0 saturated carbocycles. The molecule has 0 spiro atoms. The summed E-state index contributed by atoms with van der Waals surface area (Å²) in [6.07, 6.45) is 0. The van der Waals surface area contributed by atoms with Crippen molar-refractivity contribution in [1.29, 1.82) is 0 Å². The standard InChI is InChI=1S/C11H6BrFN4/c12-9-5-8-10(15-17-11(8)16-14-9)6-1-3-7(13)4-2-6/h1-5H,(H,15,16,17). The molecule has 3 rings (SSSR count). The second kappa shape index (κ2) is 3.89. The predicted octanol–water partition coefficient (Wildman–Crippen LogP) is 2.92. The van der Waals surface area contributed by atoms with Crippen LogP contribution in [0, 0.1) is 5.82 Å². The van der Waals surface area contributed by atoms with Crippen LogP contribution in [-0.4, -0.2) is 20.4 Å². The molecule has 0 fully saturated rings. The van der Waals surface area contributed by atoms with Gasteiger partial charge in [-0.1, -0.05) is 0 Å². The zero-order valence-corrected chi connectivity index (χ0v) is 10.1. The van der Waals surface area contributed by atoms with Gasteiger partial charge in [-0.3, -0.25) is 5.10 Å². The van der Waals surface area contributed by atoms with Gasteiger partial charge >= 0.3 is 0 Å². The van der Waals surface area contributed by atoms with Gasteiger partial charge in [-0.25, -0.2) is 4.39 Å². The Morgan fingerprint density at radius 1 is 1.12 bits per heavy atom. The minimum atomic E-state index is -0.269. The topological polar surface area (TPSA) is 54.5 Å². The van der Waals surface area contributed by atoms with Gasteiger partial charge in [0.1, 0.15) is 16.1 Å². The molecule has 0 saturated heterocycles. The highest BCUT2D eigenvalue weighted by molar-refractivity contribution is 9.10. The van der Waals surface area contributed by atoms with Gasteiger partial charge in [0.05, 0.1) is 5.39 Å². The van der Waals surface area contributed by atoms with Crippen LogP contribution >= 0.6 is 15.9 Å². The number of H-pyrrole nitrogens is 1. The Hall–Kier alpha value is -1.82. The molecule has 1 aromatic carbocycles. The lowest BCUT2D eigenvalue weighted by molar-refractivity contribution is 0.628. The lowest BCUT2D eigenvalue weighted by Crippen LogP contribution is -1.83. The number of nitrogens with zero attached hydrogens (tertiary/aromatic N) is 3. The van der Waals surface area contributed by atoms with Crippen molar-refractivity contribution in [3.63, 3.8) is 0 Å². The zero-order valence-electron chi connectivity index (χ0n) is 8.48. The second-order valence-electron chi connectivity index (χ2n) is 3.51. The van der Waals surface area contributed by atoms with E-state index in [9.17, 15) is 4.39 Å². The van der Waals surface area contributed by atoms with Crippen molar-refractivity contribution in [2.45, 2.75) is 0 Å². The lowest BCUT2D eigenvalue weighted by atomic mass is 10.1. The van der Waals surface area contributed by atoms with Crippen molar-refractivity contribution in [3.05, 3.63) is 40.8 Å². The third-order valence-electron chi connectivity index (χ3n) is 2.41. The van der Waals surface area contributed by atoms with Crippen LogP contribution < -0.4 is 0 Å². The third kappa shape index (κ3) is 1.80. The molecular weight excluding hydrogens is 287 g/mol. The van der Waals surface area contributed by atoms with Crippen LogP contribution in [0.15, 0.2) is 34.9 Å². The molecule has 6 heteroatoms. The molecule has 4 nitrogen and oxygen atoms in total. The number of benzene rings is 1. The fourth-order valence-electron chi connectivity index (χ4n) is 1.63. The molecule has 3 aromatic rings. The van der Waals surface area contributed by atoms with E-state index in [0.717, 1.165) is 16.6 Å². The van der Waals surface area contributed by atoms with Gasteiger partial charge in [0, 0.05) is 5.56 Å². The van der Waals surface area contributed by atoms with Gasteiger partial charge in [0.15, 0.2) is 5.65 Å². The molecule has 0 unspecified atom stereocenters. The summed E-state index contributed by atoms with van der Waals surface area (Å²) in [5.41, 5.74) is 2.17. The average molecular weight is 293 g/mol. The Kier molecular flexibility index (Phi) is 2.36. The number of fused-ring (bicyclic) bond motifs is 1. The van der Waals surface area contributed by atoms with Crippen LogP contribution in [0.5, 0.6) is 0 Å². The quantitative estimate of drug-likeness (QED) is 0.750. The average Bonchev–Trinajstić information content (AvgIpc) is 2.73. The van der Waals surface area contributed by atoms with Crippen LogP contribution in [0.3, 0.4) is 0 Å². The van der Waals surface area contributed by atoms with Crippen molar-refractivity contribution in [2.75, 3.05) is 0 Å². The van der Waals surface area contributed by atoms with Gasteiger partial charge in [0.25, 0.3) is 0 Å². The van der Waals surface area contributed by atoms with E-state index < -0.39 is 0 Å². The molecule has 2 aromatic heterocycles. The number of hydrogen-bond donors (Lipinski definition) is 1. The number of halogens is 2. The van der Waals surface area contributed by atoms with E-state index in [1.54, 1.807) is 12.1 Å². The Bertz CT molecular complexity index is 678. The Morgan fingerprint density at radius 3 is 2.65 bits per heavy atom. The predicted molar refractivity (Wildman–Crippen MR) is 64.8 cm³/mol. The molecule has 1 N–H and O–H groups in total. The monoisotopic (exact) mass is 292 g/mol. The van der Waals surface area contributed by atoms with Crippen molar-refractivity contribution in [2.24, 2.45) is 0 Å². The highest BCUT2D eigenvalue weighted by atomic mass is 79.9. The van der Waals surface area contributed by atoms with E-state index >= 15 is 0 Å². The van der Waals surface area contributed by atoms with Crippen molar-refractivity contribution >= 4 is 27.0 Å². The van der Waals surface area contributed by atoms with Crippen molar-refractivity contribution < 1.29 is 4.39 Å². The molecule has 0 aliphatic heterocycles. The minimum Gasteiger partial charge on any atom is -0.259 e. The number of nitrogens with one attached hydrogen (secondary N) is 1. The maximum atomic E-state index is 12.8. The molecule has 0 atom stereocenters.